The van der Waals surface area contributed by atoms with Gasteiger partial charge in [-0.3, -0.25) is 20.4 Å². The SMILES string of the molecule is CCNS(=O)(=O)c1ccc(C(=O)NNC(=O)COc2ccc(-c3ccc(C#N)cc3)cc2)cc1. The fourth-order valence-corrected chi connectivity index (χ4v) is 3.96. The molecule has 0 saturated carbocycles. The van der Waals surface area contributed by atoms with Gasteiger partial charge in [0.2, 0.25) is 10.0 Å². The first kappa shape index (κ1) is 24.4. The van der Waals surface area contributed by atoms with Crippen LogP contribution in [-0.2, 0) is 14.8 Å². The van der Waals surface area contributed by atoms with Gasteiger partial charge in [0.05, 0.1) is 16.5 Å². The number of carbonyl (C=O) groups excluding carboxylic acids is 2. The van der Waals surface area contributed by atoms with Crippen LogP contribution in [0.15, 0.2) is 77.7 Å². The third kappa shape index (κ3) is 6.41. The topological polar surface area (TPSA) is 137 Å². The first-order chi connectivity index (χ1) is 16.3. The van der Waals surface area contributed by atoms with Crippen LogP contribution in [0.2, 0.25) is 0 Å². The van der Waals surface area contributed by atoms with E-state index in [0.29, 0.717) is 11.3 Å². The molecule has 0 aliphatic carbocycles. The molecular formula is C24H22N4O5S. The van der Waals surface area contributed by atoms with Crippen molar-refractivity contribution in [2.75, 3.05) is 13.2 Å². The summed E-state index contributed by atoms with van der Waals surface area (Å²) in [5.74, 6) is -0.709. The normalized spacial score (nSPS) is 10.7. The highest BCUT2D eigenvalue weighted by Crippen LogP contribution is 2.22. The highest BCUT2D eigenvalue weighted by molar-refractivity contribution is 7.89. The number of ether oxygens (including phenoxy) is 1. The van der Waals surface area contributed by atoms with Crippen molar-refractivity contribution in [1.29, 1.82) is 5.26 Å². The predicted octanol–water partition coefficient (Wildman–Crippen LogP) is 2.36. The maximum Gasteiger partial charge on any atom is 0.276 e. The molecule has 3 N–H and O–H groups in total. The molecule has 0 spiro atoms. The molecule has 10 heteroatoms. The minimum atomic E-state index is -3.61. The van der Waals surface area contributed by atoms with E-state index in [4.69, 9.17) is 10.00 Å². The summed E-state index contributed by atoms with van der Waals surface area (Å²) in [5.41, 5.74) is 7.12. The largest absolute Gasteiger partial charge is 0.484 e. The van der Waals surface area contributed by atoms with Crippen molar-refractivity contribution >= 4 is 21.8 Å². The fraction of sp³-hybridized carbons (Fsp3) is 0.125. The van der Waals surface area contributed by atoms with Crippen LogP contribution in [0.1, 0.15) is 22.8 Å². The Bertz CT molecular complexity index is 1300. The van der Waals surface area contributed by atoms with Gasteiger partial charge in [-0.15, -0.1) is 0 Å². The van der Waals surface area contributed by atoms with E-state index >= 15 is 0 Å². The van der Waals surface area contributed by atoms with Crippen LogP contribution in [0.25, 0.3) is 11.1 Å². The van der Waals surface area contributed by atoms with Gasteiger partial charge in [0.25, 0.3) is 11.8 Å². The van der Waals surface area contributed by atoms with Gasteiger partial charge in [-0.2, -0.15) is 5.26 Å². The van der Waals surface area contributed by atoms with Crippen molar-refractivity contribution in [3.63, 3.8) is 0 Å². The van der Waals surface area contributed by atoms with E-state index in [-0.39, 0.29) is 23.6 Å². The molecule has 0 aliphatic rings. The summed E-state index contributed by atoms with van der Waals surface area (Å²) >= 11 is 0. The van der Waals surface area contributed by atoms with Crippen molar-refractivity contribution in [2.45, 2.75) is 11.8 Å². The third-order valence-electron chi connectivity index (χ3n) is 4.65. The number of benzene rings is 3. The third-order valence-corrected chi connectivity index (χ3v) is 6.21. The molecule has 0 bridgehead atoms. The van der Waals surface area contributed by atoms with Crippen molar-refractivity contribution in [2.24, 2.45) is 0 Å². The molecule has 0 heterocycles. The highest BCUT2D eigenvalue weighted by atomic mass is 32.2. The molecule has 0 fully saturated rings. The molecule has 0 aromatic heterocycles. The number of amides is 2. The number of nitriles is 1. The average Bonchev–Trinajstić information content (AvgIpc) is 2.86. The number of rotatable bonds is 8. The fourth-order valence-electron chi connectivity index (χ4n) is 2.92. The monoisotopic (exact) mass is 478 g/mol. The lowest BCUT2D eigenvalue weighted by molar-refractivity contribution is -0.123. The quantitative estimate of drug-likeness (QED) is 0.425. The molecule has 34 heavy (non-hydrogen) atoms. The van der Waals surface area contributed by atoms with Gasteiger partial charge in [0, 0.05) is 12.1 Å². The Labute approximate surface area is 197 Å². The van der Waals surface area contributed by atoms with E-state index < -0.39 is 21.8 Å². The molecule has 0 unspecified atom stereocenters. The average molecular weight is 479 g/mol. The van der Waals surface area contributed by atoms with Crippen LogP contribution < -0.4 is 20.3 Å². The lowest BCUT2D eigenvalue weighted by Gasteiger charge is -2.10. The molecule has 3 rings (SSSR count). The summed E-state index contributed by atoms with van der Waals surface area (Å²) in [6.45, 7) is 1.59. The molecule has 0 saturated heterocycles. The maximum atomic E-state index is 12.2. The number of nitrogens with zero attached hydrogens (tertiary/aromatic N) is 1. The van der Waals surface area contributed by atoms with E-state index in [2.05, 4.69) is 21.6 Å². The van der Waals surface area contributed by atoms with E-state index in [1.165, 1.54) is 24.3 Å². The zero-order valence-electron chi connectivity index (χ0n) is 18.2. The zero-order chi connectivity index (χ0) is 24.6. The zero-order valence-corrected chi connectivity index (χ0v) is 19.1. The summed E-state index contributed by atoms with van der Waals surface area (Å²) < 4.78 is 31.7. The smallest absolute Gasteiger partial charge is 0.276 e. The minimum Gasteiger partial charge on any atom is -0.484 e. The Morgan fingerprint density at radius 2 is 1.47 bits per heavy atom. The maximum absolute atomic E-state index is 12.2. The van der Waals surface area contributed by atoms with Gasteiger partial charge in [-0.05, 0) is 59.7 Å². The summed E-state index contributed by atoms with van der Waals surface area (Å²) in [5, 5.41) is 8.87. The molecule has 3 aromatic rings. The van der Waals surface area contributed by atoms with Gasteiger partial charge in [0.1, 0.15) is 5.75 Å². The number of hydrogen-bond donors (Lipinski definition) is 3. The van der Waals surface area contributed by atoms with Crippen LogP contribution >= 0.6 is 0 Å². The number of sulfonamides is 1. The van der Waals surface area contributed by atoms with Crippen molar-refractivity contribution < 1.29 is 22.7 Å². The Morgan fingerprint density at radius 1 is 0.882 bits per heavy atom. The van der Waals surface area contributed by atoms with Crippen LogP contribution in [0.3, 0.4) is 0 Å². The second kappa shape index (κ2) is 11.1. The van der Waals surface area contributed by atoms with E-state index in [9.17, 15) is 18.0 Å². The summed E-state index contributed by atoms with van der Waals surface area (Å²) in [6, 6.07) is 21.6. The Hall–Kier alpha value is -4.20. The number of hydrazine groups is 1. The molecule has 0 radical (unpaired) electrons. The van der Waals surface area contributed by atoms with E-state index in [1.54, 1.807) is 31.2 Å². The van der Waals surface area contributed by atoms with E-state index in [0.717, 1.165) is 11.1 Å². The minimum absolute atomic E-state index is 0.0357. The van der Waals surface area contributed by atoms with Crippen LogP contribution in [0.4, 0.5) is 0 Å². The first-order valence-electron chi connectivity index (χ1n) is 10.2. The lowest BCUT2D eigenvalue weighted by atomic mass is 10.0. The van der Waals surface area contributed by atoms with Crippen molar-refractivity contribution in [3.05, 3.63) is 83.9 Å². The molecule has 9 nitrogen and oxygen atoms in total. The van der Waals surface area contributed by atoms with Gasteiger partial charge >= 0.3 is 0 Å². The van der Waals surface area contributed by atoms with Crippen LogP contribution in [0.5, 0.6) is 5.75 Å². The second-order valence-electron chi connectivity index (χ2n) is 7.03. The molecule has 0 atom stereocenters. The summed E-state index contributed by atoms with van der Waals surface area (Å²) in [6.07, 6.45) is 0. The van der Waals surface area contributed by atoms with Crippen LogP contribution in [-0.4, -0.2) is 33.4 Å². The number of nitrogens with one attached hydrogen (secondary N) is 3. The Balaban J connectivity index is 1.47. The molecule has 3 aromatic carbocycles. The van der Waals surface area contributed by atoms with Crippen LogP contribution in [0, 0.1) is 11.3 Å². The highest BCUT2D eigenvalue weighted by Gasteiger charge is 2.14. The standard InChI is InChI=1S/C24H22N4O5S/c1-2-26-34(31,32)22-13-9-20(10-14-22)24(30)28-27-23(29)16-33-21-11-7-19(8-12-21)18-5-3-17(15-25)4-6-18/h3-14,26H,2,16H2,1H3,(H,27,29)(H,28,30). The number of hydrogen-bond acceptors (Lipinski definition) is 6. The number of carbonyl (C=O) groups is 2. The predicted molar refractivity (Wildman–Crippen MR) is 125 cm³/mol. The molecule has 0 aliphatic heterocycles. The lowest BCUT2D eigenvalue weighted by Crippen LogP contribution is -2.43. The summed E-state index contributed by atoms with van der Waals surface area (Å²) in [7, 11) is -3.61. The van der Waals surface area contributed by atoms with E-state index in [1.807, 2.05) is 24.3 Å². The summed E-state index contributed by atoms with van der Waals surface area (Å²) in [4.78, 5) is 24.2. The van der Waals surface area contributed by atoms with Gasteiger partial charge in [-0.1, -0.05) is 31.2 Å². The van der Waals surface area contributed by atoms with Gasteiger partial charge < -0.3 is 4.74 Å². The van der Waals surface area contributed by atoms with Gasteiger partial charge in [0.15, 0.2) is 6.61 Å². The Kier molecular flexibility index (Phi) is 7.97. The molecule has 2 amide bonds. The van der Waals surface area contributed by atoms with Crippen molar-refractivity contribution in [1.82, 2.24) is 15.6 Å². The van der Waals surface area contributed by atoms with Crippen molar-refractivity contribution in [3.8, 4) is 22.9 Å². The molecule has 174 valence electrons. The van der Waals surface area contributed by atoms with Gasteiger partial charge in [-0.25, -0.2) is 13.1 Å². The second-order valence-corrected chi connectivity index (χ2v) is 8.80. The Morgan fingerprint density at radius 3 is 2.03 bits per heavy atom. The first-order valence-corrected chi connectivity index (χ1v) is 11.7. The molecular weight excluding hydrogens is 456 g/mol.